The number of aryl methyl sites for hydroxylation is 1. The standard InChI is InChI=1S/C15H19N3O2/c1-18-9-8-17-14(18)6-7-16-11-13-4-2-12(3-5-13)10-15(19)20/h2-5,8-9,16H,6-7,10-11H2,1H3,(H,19,20). The van der Waals surface area contributed by atoms with Gasteiger partial charge in [-0.2, -0.15) is 0 Å². The summed E-state index contributed by atoms with van der Waals surface area (Å²) >= 11 is 0. The van der Waals surface area contributed by atoms with Crippen LogP contribution in [-0.4, -0.2) is 27.2 Å². The van der Waals surface area contributed by atoms with Crippen molar-refractivity contribution < 1.29 is 9.90 Å². The lowest BCUT2D eigenvalue weighted by atomic mass is 10.1. The zero-order chi connectivity index (χ0) is 14.4. The number of carboxylic acids is 1. The molecule has 2 N–H and O–H groups in total. The summed E-state index contributed by atoms with van der Waals surface area (Å²) in [4.78, 5) is 14.9. The predicted molar refractivity (Wildman–Crippen MR) is 76.4 cm³/mol. The molecule has 0 aliphatic carbocycles. The van der Waals surface area contributed by atoms with Gasteiger partial charge in [0.1, 0.15) is 5.82 Å². The van der Waals surface area contributed by atoms with E-state index in [0.717, 1.165) is 36.5 Å². The lowest BCUT2D eigenvalue weighted by molar-refractivity contribution is -0.136. The van der Waals surface area contributed by atoms with Crippen LogP contribution in [0, 0.1) is 0 Å². The molecule has 2 aromatic rings. The SMILES string of the molecule is Cn1ccnc1CCNCc1ccc(CC(=O)O)cc1. The molecule has 1 aromatic heterocycles. The minimum atomic E-state index is -0.800. The first-order chi connectivity index (χ1) is 9.65. The summed E-state index contributed by atoms with van der Waals surface area (Å²) in [5.74, 6) is 0.264. The number of benzene rings is 1. The van der Waals surface area contributed by atoms with Crippen LogP contribution in [0.4, 0.5) is 0 Å². The van der Waals surface area contributed by atoms with Crippen LogP contribution in [0.15, 0.2) is 36.7 Å². The summed E-state index contributed by atoms with van der Waals surface area (Å²) in [7, 11) is 1.99. The van der Waals surface area contributed by atoms with E-state index in [9.17, 15) is 4.79 Å². The van der Waals surface area contributed by atoms with Crippen LogP contribution in [0.1, 0.15) is 17.0 Å². The van der Waals surface area contributed by atoms with Gasteiger partial charge >= 0.3 is 5.97 Å². The summed E-state index contributed by atoms with van der Waals surface area (Å²) < 4.78 is 2.02. The van der Waals surface area contributed by atoms with E-state index in [1.54, 1.807) is 6.20 Å². The highest BCUT2D eigenvalue weighted by molar-refractivity contribution is 5.70. The number of nitrogens with zero attached hydrogens (tertiary/aromatic N) is 2. The maximum atomic E-state index is 10.6. The molecule has 0 atom stereocenters. The average molecular weight is 273 g/mol. The Kier molecular flexibility index (Phi) is 4.90. The second-order valence-electron chi connectivity index (χ2n) is 4.77. The van der Waals surface area contributed by atoms with Crippen molar-refractivity contribution in [1.82, 2.24) is 14.9 Å². The molecule has 0 aliphatic heterocycles. The lowest BCUT2D eigenvalue weighted by Gasteiger charge is -2.06. The van der Waals surface area contributed by atoms with E-state index in [4.69, 9.17) is 5.11 Å². The Bertz CT molecular complexity index is 561. The molecule has 0 unspecified atom stereocenters. The third-order valence-electron chi connectivity index (χ3n) is 3.15. The smallest absolute Gasteiger partial charge is 0.307 e. The fourth-order valence-corrected chi connectivity index (χ4v) is 2.02. The van der Waals surface area contributed by atoms with Crippen molar-refractivity contribution in [1.29, 1.82) is 0 Å². The highest BCUT2D eigenvalue weighted by atomic mass is 16.4. The van der Waals surface area contributed by atoms with Crippen LogP contribution in [0.3, 0.4) is 0 Å². The van der Waals surface area contributed by atoms with Crippen molar-refractivity contribution in [2.24, 2.45) is 7.05 Å². The molecule has 0 aliphatic rings. The summed E-state index contributed by atoms with van der Waals surface area (Å²) in [6.45, 7) is 1.64. The third-order valence-corrected chi connectivity index (χ3v) is 3.15. The molecular formula is C15H19N3O2. The van der Waals surface area contributed by atoms with Crippen molar-refractivity contribution in [3.8, 4) is 0 Å². The maximum Gasteiger partial charge on any atom is 0.307 e. The van der Waals surface area contributed by atoms with Crippen molar-refractivity contribution in [2.75, 3.05) is 6.54 Å². The van der Waals surface area contributed by atoms with Crippen LogP contribution >= 0.6 is 0 Å². The molecule has 0 radical (unpaired) electrons. The normalized spacial score (nSPS) is 10.7. The van der Waals surface area contributed by atoms with Gasteiger partial charge < -0.3 is 15.0 Å². The van der Waals surface area contributed by atoms with Gasteiger partial charge in [-0.3, -0.25) is 4.79 Å². The predicted octanol–water partition coefficient (Wildman–Crippen LogP) is 1.38. The number of carbonyl (C=O) groups is 1. The Balaban J connectivity index is 1.74. The van der Waals surface area contributed by atoms with Crippen LogP contribution in [-0.2, 0) is 31.2 Å². The molecule has 2 rings (SSSR count). The minimum absolute atomic E-state index is 0.0763. The lowest BCUT2D eigenvalue weighted by Crippen LogP contribution is -2.18. The van der Waals surface area contributed by atoms with Crippen molar-refractivity contribution >= 4 is 5.97 Å². The molecule has 20 heavy (non-hydrogen) atoms. The molecule has 0 spiro atoms. The van der Waals surface area contributed by atoms with E-state index in [0.29, 0.717) is 0 Å². The van der Waals surface area contributed by atoms with Crippen LogP contribution < -0.4 is 5.32 Å². The van der Waals surface area contributed by atoms with E-state index < -0.39 is 5.97 Å². The van der Waals surface area contributed by atoms with Crippen molar-refractivity contribution in [3.05, 3.63) is 53.6 Å². The molecule has 0 saturated carbocycles. The molecular weight excluding hydrogens is 254 g/mol. The molecule has 0 amide bonds. The minimum Gasteiger partial charge on any atom is -0.481 e. The van der Waals surface area contributed by atoms with Gasteiger partial charge in [0.05, 0.1) is 6.42 Å². The Labute approximate surface area is 118 Å². The van der Waals surface area contributed by atoms with E-state index in [1.807, 2.05) is 42.1 Å². The van der Waals surface area contributed by atoms with Gasteiger partial charge in [0.25, 0.3) is 0 Å². The third kappa shape index (κ3) is 4.20. The first kappa shape index (κ1) is 14.3. The molecule has 1 aromatic carbocycles. The first-order valence-corrected chi connectivity index (χ1v) is 6.61. The largest absolute Gasteiger partial charge is 0.481 e. The van der Waals surface area contributed by atoms with Crippen molar-refractivity contribution in [3.63, 3.8) is 0 Å². The molecule has 5 nitrogen and oxygen atoms in total. The van der Waals surface area contributed by atoms with Gasteiger partial charge in [0, 0.05) is 39.0 Å². The Morgan fingerprint density at radius 1 is 1.30 bits per heavy atom. The topological polar surface area (TPSA) is 67.2 Å². The van der Waals surface area contributed by atoms with Gasteiger partial charge in [-0.25, -0.2) is 4.98 Å². The zero-order valence-electron chi connectivity index (χ0n) is 11.5. The molecule has 1 heterocycles. The van der Waals surface area contributed by atoms with Crippen molar-refractivity contribution in [2.45, 2.75) is 19.4 Å². The van der Waals surface area contributed by atoms with Gasteiger partial charge in [0.15, 0.2) is 0 Å². The monoisotopic (exact) mass is 273 g/mol. The number of rotatable bonds is 7. The average Bonchev–Trinajstić information content (AvgIpc) is 2.82. The number of hydrogen-bond donors (Lipinski definition) is 2. The number of imidazole rings is 1. The van der Waals surface area contributed by atoms with E-state index in [1.165, 1.54) is 0 Å². The maximum absolute atomic E-state index is 10.6. The highest BCUT2D eigenvalue weighted by Crippen LogP contribution is 2.05. The highest BCUT2D eigenvalue weighted by Gasteiger charge is 2.01. The molecule has 0 fully saturated rings. The van der Waals surface area contributed by atoms with Gasteiger partial charge in [-0.1, -0.05) is 24.3 Å². The molecule has 0 saturated heterocycles. The van der Waals surface area contributed by atoms with E-state index >= 15 is 0 Å². The summed E-state index contributed by atoms with van der Waals surface area (Å²) in [6, 6.07) is 7.66. The number of aromatic nitrogens is 2. The summed E-state index contributed by atoms with van der Waals surface area (Å²) in [5, 5.41) is 12.1. The fourth-order valence-electron chi connectivity index (χ4n) is 2.02. The number of carboxylic acid groups (broad SMARTS) is 1. The first-order valence-electron chi connectivity index (χ1n) is 6.61. The Hall–Kier alpha value is -2.14. The number of hydrogen-bond acceptors (Lipinski definition) is 3. The molecule has 5 heteroatoms. The second kappa shape index (κ2) is 6.86. The molecule has 0 bridgehead atoms. The number of nitrogens with one attached hydrogen (secondary N) is 1. The Morgan fingerprint density at radius 3 is 2.60 bits per heavy atom. The second-order valence-corrected chi connectivity index (χ2v) is 4.77. The van der Waals surface area contributed by atoms with Crippen LogP contribution in [0.2, 0.25) is 0 Å². The summed E-state index contributed by atoms with van der Waals surface area (Å²) in [6.07, 6.45) is 4.71. The zero-order valence-corrected chi connectivity index (χ0v) is 11.5. The summed E-state index contributed by atoms with van der Waals surface area (Å²) in [5.41, 5.74) is 1.98. The quantitative estimate of drug-likeness (QED) is 0.748. The van der Waals surface area contributed by atoms with Gasteiger partial charge in [-0.15, -0.1) is 0 Å². The number of aliphatic carboxylic acids is 1. The fraction of sp³-hybridized carbons (Fsp3) is 0.333. The van der Waals surface area contributed by atoms with Gasteiger partial charge in [-0.05, 0) is 11.1 Å². The van der Waals surface area contributed by atoms with E-state index in [2.05, 4.69) is 10.3 Å². The molecule has 106 valence electrons. The van der Waals surface area contributed by atoms with Gasteiger partial charge in [0.2, 0.25) is 0 Å². The van der Waals surface area contributed by atoms with Crippen LogP contribution in [0.25, 0.3) is 0 Å². The van der Waals surface area contributed by atoms with E-state index in [-0.39, 0.29) is 6.42 Å². The Morgan fingerprint density at radius 2 is 2.00 bits per heavy atom. The van der Waals surface area contributed by atoms with Crippen LogP contribution in [0.5, 0.6) is 0 Å².